The van der Waals surface area contributed by atoms with E-state index in [0.29, 0.717) is 25.4 Å². The smallest absolute Gasteiger partial charge is 0.319 e. The van der Waals surface area contributed by atoms with E-state index in [1.54, 1.807) is 11.8 Å². The molecule has 0 aromatic rings. The maximum Gasteiger partial charge on any atom is 0.319 e. The molecule has 0 aliphatic heterocycles. The van der Waals surface area contributed by atoms with Crippen molar-refractivity contribution in [1.29, 1.82) is 0 Å². The van der Waals surface area contributed by atoms with Gasteiger partial charge in [0.2, 0.25) is 0 Å². The van der Waals surface area contributed by atoms with E-state index in [4.69, 9.17) is 4.74 Å². The molecular weight excluding hydrogens is 299 g/mol. The monoisotopic (exact) mass is 334 g/mol. The summed E-state index contributed by atoms with van der Waals surface area (Å²) in [6, 6.07) is 0. The molecule has 0 saturated carbocycles. The molecule has 2 unspecified atom stereocenters. The van der Waals surface area contributed by atoms with Crippen molar-refractivity contribution in [3.63, 3.8) is 0 Å². The number of alkyl halides is 1. The van der Waals surface area contributed by atoms with Crippen LogP contribution in [-0.2, 0) is 9.53 Å². The van der Waals surface area contributed by atoms with Crippen LogP contribution in [0.25, 0.3) is 0 Å². The Hall–Kier alpha value is -0.250. The Bertz CT molecular complexity index is 272. The lowest BCUT2D eigenvalue weighted by Crippen LogP contribution is -2.22. The maximum absolute atomic E-state index is 13.1. The Balaban J connectivity index is 4.03. The maximum atomic E-state index is 13.1. The van der Waals surface area contributed by atoms with E-state index in [2.05, 4.69) is 6.92 Å². The highest BCUT2D eigenvalue weighted by molar-refractivity contribution is 8.00. The van der Waals surface area contributed by atoms with Crippen LogP contribution in [0.4, 0.5) is 4.39 Å². The number of unbranched alkanes of at least 4 members (excludes halogenated alkanes) is 3. The molecule has 22 heavy (non-hydrogen) atoms. The number of carbonyl (C=O) groups excluding carboxylic acids is 1. The highest BCUT2D eigenvalue weighted by atomic mass is 32.2. The molecule has 4 heteroatoms. The van der Waals surface area contributed by atoms with Crippen molar-refractivity contribution in [2.24, 2.45) is 5.92 Å². The van der Waals surface area contributed by atoms with Gasteiger partial charge in [0.25, 0.3) is 0 Å². The van der Waals surface area contributed by atoms with Crippen LogP contribution in [0.3, 0.4) is 0 Å². The van der Waals surface area contributed by atoms with E-state index in [9.17, 15) is 9.18 Å². The third-order valence-corrected chi connectivity index (χ3v) is 4.92. The molecule has 0 heterocycles. The van der Waals surface area contributed by atoms with Gasteiger partial charge in [-0.3, -0.25) is 4.79 Å². The minimum absolute atomic E-state index is 0.0438. The second kappa shape index (κ2) is 14.3. The molecule has 2 nitrogen and oxygen atoms in total. The fourth-order valence-corrected chi connectivity index (χ4v) is 3.28. The first-order valence-electron chi connectivity index (χ1n) is 8.93. The number of ether oxygens (including phenoxy) is 1. The van der Waals surface area contributed by atoms with E-state index in [-0.39, 0.29) is 11.2 Å². The lowest BCUT2D eigenvalue weighted by Gasteiger charge is -2.16. The van der Waals surface area contributed by atoms with Crippen LogP contribution in [0.15, 0.2) is 0 Å². The molecule has 0 aromatic heterocycles. The third-order valence-electron chi connectivity index (χ3n) is 3.57. The molecule has 0 aliphatic carbocycles. The number of carbonyl (C=O) groups is 1. The zero-order valence-corrected chi connectivity index (χ0v) is 15.7. The van der Waals surface area contributed by atoms with E-state index in [0.717, 1.165) is 44.3 Å². The van der Waals surface area contributed by atoms with Crippen LogP contribution in [0.2, 0.25) is 0 Å². The van der Waals surface area contributed by atoms with Crippen LogP contribution >= 0.6 is 11.8 Å². The first kappa shape index (κ1) is 21.8. The summed E-state index contributed by atoms with van der Waals surface area (Å²) in [5, 5.41) is -0.0438. The predicted molar refractivity (Wildman–Crippen MR) is 95.2 cm³/mol. The fourth-order valence-electron chi connectivity index (χ4n) is 2.09. The minimum atomic E-state index is -0.665. The lowest BCUT2D eigenvalue weighted by atomic mass is 10.1. The van der Waals surface area contributed by atoms with Crippen molar-refractivity contribution < 1.29 is 13.9 Å². The van der Waals surface area contributed by atoms with Crippen molar-refractivity contribution in [1.82, 2.24) is 0 Å². The summed E-state index contributed by atoms with van der Waals surface area (Å²) < 4.78 is 18.5. The Labute approximate surface area is 141 Å². The van der Waals surface area contributed by atoms with Gasteiger partial charge in [-0.05, 0) is 43.8 Å². The summed E-state index contributed by atoms with van der Waals surface area (Å²) in [5.74, 6) is 1.23. The van der Waals surface area contributed by atoms with Gasteiger partial charge in [-0.15, -0.1) is 11.8 Å². The Morgan fingerprint density at radius 2 is 1.77 bits per heavy atom. The average molecular weight is 335 g/mol. The Morgan fingerprint density at radius 1 is 1.09 bits per heavy atom. The molecule has 0 radical (unpaired) electrons. The molecule has 132 valence electrons. The average Bonchev–Trinajstić information content (AvgIpc) is 2.50. The van der Waals surface area contributed by atoms with Gasteiger partial charge in [-0.1, -0.05) is 47.0 Å². The predicted octanol–water partition coefficient (Wildman–Crippen LogP) is 5.79. The normalized spacial score (nSPS) is 14.1. The third kappa shape index (κ3) is 12.3. The van der Waals surface area contributed by atoms with Crippen LogP contribution in [0, 0.1) is 5.92 Å². The number of halogens is 1. The number of hydrogen-bond acceptors (Lipinski definition) is 3. The number of esters is 1. The number of rotatable bonds is 14. The van der Waals surface area contributed by atoms with Crippen molar-refractivity contribution in [2.45, 2.75) is 90.5 Å². The zero-order valence-electron chi connectivity index (χ0n) is 14.9. The van der Waals surface area contributed by atoms with Gasteiger partial charge in [0.1, 0.15) is 5.25 Å². The molecule has 0 rings (SSSR count). The second-order valence-corrected chi connectivity index (χ2v) is 7.69. The summed E-state index contributed by atoms with van der Waals surface area (Å²) in [5.41, 5.74) is 0. The van der Waals surface area contributed by atoms with E-state index in [1.165, 1.54) is 0 Å². The molecule has 0 N–H and O–H groups in total. The number of thioether (sulfide) groups is 1. The summed E-state index contributed by atoms with van der Waals surface area (Å²) in [6.45, 7) is 8.65. The molecule has 0 saturated heterocycles. The molecule has 0 aliphatic rings. The summed E-state index contributed by atoms with van der Waals surface area (Å²) in [7, 11) is 0. The van der Waals surface area contributed by atoms with Crippen molar-refractivity contribution in [2.75, 3.05) is 12.4 Å². The van der Waals surface area contributed by atoms with Crippen molar-refractivity contribution in [3.05, 3.63) is 0 Å². The topological polar surface area (TPSA) is 26.3 Å². The van der Waals surface area contributed by atoms with Gasteiger partial charge in [0.05, 0.1) is 12.8 Å². The number of hydrogen-bond donors (Lipinski definition) is 0. The quantitative estimate of drug-likeness (QED) is 0.297. The molecule has 0 amide bonds. The lowest BCUT2D eigenvalue weighted by molar-refractivity contribution is -0.144. The van der Waals surface area contributed by atoms with Gasteiger partial charge in [0, 0.05) is 0 Å². The minimum Gasteiger partial charge on any atom is -0.465 e. The highest BCUT2D eigenvalue weighted by Gasteiger charge is 2.20. The molecule has 0 spiro atoms. The standard InChI is InChI=1S/C18H35FO2S/c1-5-7-8-12-17(18(20)21-14-15(3)4)22-13-10-9-11-16(19)6-2/h15-17H,5-14H2,1-4H3. The SMILES string of the molecule is CCCCCC(SCCCCC(F)CC)C(=O)OCC(C)C. The summed E-state index contributed by atoms with van der Waals surface area (Å²) in [6.07, 6.45) is 6.77. The van der Waals surface area contributed by atoms with Crippen LogP contribution in [0.5, 0.6) is 0 Å². The molecule has 0 fully saturated rings. The summed E-state index contributed by atoms with van der Waals surface area (Å²) in [4.78, 5) is 12.2. The first-order chi connectivity index (χ1) is 10.5. The highest BCUT2D eigenvalue weighted by Crippen LogP contribution is 2.22. The molecule has 0 aromatic carbocycles. The van der Waals surface area contributed by atoms with E-state index < -0.39 is 6.17 Å². The van der Waals surface area contributed by atoms with Gasteiger partial charge >= 0.3 is 5.97 Å². The van der Waals surface area contributed by atoms with Crippen LogP contribution < -0.4 is 0 Å². The van der Waals surface area contributed by atoms with Crippen molar-refractivity contribution in [3.8, 4) is 0 Å². The molecule has 2 atom stereocenters. The van der Waals surface area contributed by atoms with Gasteiger partial charge in [0.15, 0.2) is 0 Å². The fraction of sp³-hybridized carbons (Fsp3) is 0.944. The Kier molecular flexibility index (Phi) is 14.2. The molecule has 0 bridgehead atoms. The van der Waals surface area contributed by atoms with Crippen LogP contribution in [-0.4, -0.2) is 29.8 Å². The van der Waals surface area contributed by atoms with Gasteiger partial charge in [-0.25, -0.2) is 4.39 Å². The zero-order chi connectivity index (χ0) is 16.8. The van der Waals surface area contributed by atoms with Gasteiger partial charge < -0.3 is 4.74 Å². The summed E-state index contributed by atoms with van der Waals surface area (Å²) >= 11 is 1.69. The van der Waals surface area contributed by atoms with E-state index in [1.807, 2.05) is 20.8 Å². The van der Waals surface area contributed by atoms with E-state index >= 15 is 0 Å². The first-order valence-corrected chi connectivity index (χ1v) is 9.98. The molecular formula is C18H35FO2S. The van der Waals surface area contributed by atoms with Crippen molar-refractivity contribution >= 4 is 17.7 Å². The largest absolute Gasteiger partial charge is 0.465 e. The van der Waals surface area contributed by atoms with Crippen LogP contribution in [0.1, 0.15) is 79.1 Å². The Morgan fingerprint density at radius 3 is 2.36 bits per heavy atom. The second-order valence-electron chi connectivity index (χ2n) is 6.38. The van der Waals surface area contributed by atoms with Gasteiger partial charge in [-0.2, -0.15) is 0 Å².